The molecule has 1 aromatic carbocycles. The number of anilines is 5. The van der Waals surface area contributed by atoms with E-state index in [0.717, 1.165) is 56.2 Å². The Morgan fingerprint density at radius 2 is 1.73 bits per heavy atom. The molecule has 0 spiro atoms. The Morgan fingerprint density at radius 3 is 2.42 bits per heavy atom. The minimum atomic E-state index is -2.77. The number of hydrogen-bond acceptors (Lipinski definition) is 13. The van der Waals surface area contributed by atoms with Crippen LogP contribution in [0.1, 0.15) is 0 Å². The quantitative estimate of drug-likeness (QED) is 0.210. The van der Waals surface area contributed by atoms with Gasteiger partial charge in [-0.15, -0.1) is 0 Å². The normalized spacial score (nSPS) is 16.2. The van der Waals surface area contributed by atoms with Crippen molar-refractivity contribution in [3.63, 3.8) is 0 Å². The summed E-state index contributed by atoms with van der Waals surface area (Å²) in [6, 6.07) is 6.35. The molecule has 7 rings (SSSR count). The Hall–Kier alpha value is -4.17. The molecule has 2 saturated heterocycles. The lowest BCUT2D eigenvalue weighted by molar-refractivity contribution is 0.0487. The summed E-state index contributed by atoms with van der Waals surface area (Å²) in [6.07, 6.45) is 8.72. The fourth-order valence-electron chi connectivity index (χ4n) is 6.37. The highest BCUT2D eigenvalue weighted by atomic mass is 79.9. The number of hydrogen-bond donors (Lipinski definition) is 2. The molecule has 16 heteroatoms. The number of rotatable bonds is 9. The number of aromatic nitrogens is 7. The molecule has 0 saturated carbocycles. The van der Waals surface area contributed by atoms with E-state index in [9.17, 15) is 4.57 Å². The van der Waals surface area contributed by atoms with Gasteiger partial charge in [-0.1, -0.05) is 0 Å². The fraction of sp³-hybridized carbons (Fsp3) is 0.375. The summed E-state index contributed by atoms with van der Waals surface area (Å²) in [6.45, 7) is 9.39. The molecule has 0 aliphatic carbocycles. The SMILES string of the molecule is COc1nc(N2CCN(C3CN(C)C3)CC2)c(-c2cnn(C)c2)cc1Nc1ncc(Br)c(Nc2ccc3nccnc3c2P(C)(C)=O)n1. The van der Waals surface area contributed by atoms with Gasteiger partial charge in [-0.3, -0.25) is 19.5 Å². The zero-order valence-electron chi connectivity index (χ0n) is 27.6. The van der Waals surface area contributed by atoms with Crippen molar-refractivity contribution in [2.24, 2.45) is 7.05 Å². The molecular formula is C32H38BrN12O2P. The molecule has 4 aromatic heterocycles. The first-order valence-corrected chi connectivity index (χ1v) is 19.1. The van der Waals surface area contributed by atoms with E-state index < -0.39 is 7.14 Å². The molecule has 2 fully saturated rings. The van der Waals surface area contributed by atoms with Crippen LogP contribution in [0, 0.1) is 0 Å². The van der Waals surface area contributed by atoms with Crippen LogP contribution in [-0.4, -0.2) is 117 Å². The number of methoxy groups -OCH3 is 1. The summed E-state index contributed by atoms with van der Waals surface area (Å²) in [4.78, 5) is 30.5. The Bertz CT molecular complexity index is 2020. The number of halogens is 1. The molecule has 0 bridgehead atoms. The van der Waals surface area contributed by atoms with Gasteiger partial charge in [0, 0.05) is 88.3 Å². The highest BCUT2D eigenvalue weighted by Crippen LogP contribution is 2.42. The molecule has 0 unspecified atom stereocenters. The van der Waals surface area contributed by atoms with Crippen LogP contribution < -0.4 is 25.6 Å². The van der Waals surface area contributed by atoms with E-state index >= 15 is 0 Å². The van der Waals surface area contributed by atoms with Gasteiger partial charge in [0.2, 0.25) is 11.8 Å². The van der Waals surface area contributed by atoms with Gasteiger partial charge in [0.25, 0.3) is 0 Å². The molecule has 0 atom stereocenters. The van der Waals surface area contributed by atoms with Crippen molar-refractivity contribution in [1.82, 2.24) is 44.5 Å². The number of nitrogens with zero attached hydrogens (tertiary/aromatic N) is 10. The van der Waals surface area contributed by atoms with E-state index in [1.165, 1.54) is 0 Å². The number of nitrogens with one attached hydrogen (secondary N) is 2. The monoisotopic (exact) mass is 732 g/mol. The van der Waals surface area contributed by atoms with Crippen LogP contribution in [0.5, 0.6) is 5.88 Å². The summed E-state index contributed by atoms with van der Waals surface area (Å²) in [5, 5.41) is 11.7. The lowest BCUT2D eigenvalue weighted by Gasteiger charge is -2.47. The lowest BCUT2D eigenvalue weighted by Crippen LogP contribution is -2.62. The van der Waals surface area contributed by atoms with Crippen LogP contribution in [0.2, 0.25) is 0 Å². The number of likely N-dealkylation sites (N-methyl/N-ethyl adjacent to an activating group) is 1. The molecule has 250 valence electrons. The van der Waals surface area contributed by atoms with Crippen LogP contribution in [-0.2, 0) is 11.6 Å². The minimum Gasteiger partial charge on any atom is -0.479 e. The highest BCUT2D eigenvalue weighted by Gasteiger charge is 2.32. The van der Waals surface area contributed by atoms with Gasteiger partial charge in [0.1, 0.15) is 30.0 Å². The predicted molar refractivity (Wildman–Crippen MR) is 193 cm³/mol. The number of pyridine rings is 1. The van der Waals surface area contributed by atoms with Crippen LogP contribution in [0.25, 0.3) is 22.2 Å². The van der Waals surface area contributed by atoms with Gasteiger partial charge >= 0.3 is 0 Å². The Labute approximate surface area is 287 Å². The fourth-order valence-corrected chi connectivity index (χ4v) is 8.06. The molecular weight excluding hydrogens is 695 g/mol. The summed E-state index contributed by atoms with van der Waals surface area (Å²) in [5.74, 6) is 2.08. The molecule has 0 amide bonds. The summed E-state index contributed by atoms with van der Waals surface area (Å²) in [5.41, 5.74) is 4.39. The largest absolute Gasteiger partial charge is 0.479 e. The third kappa shape index (κ3) is 6.47. The second-order valence-corrected chi connectivity index (χ2v) is 16.6. The average Bonchev–Trinajstić information content (AvgIpc) is 3.50. The van der Waals surface area contributed by atoms with E-state index in [1.54, 1.807) is 43.7 Å². The maximum atomic E-state index is 13.5. The smallest absolute Gasteiger partial charge is 0.239 e. The standard InChI is InChI=1S/C32H38BrN12O2P/c1-42-18-21(19-42)44-10-12-45(13-11-44)30-22(20-15-37-43(2)17-20)14-26(31(41-30)47-3)39-32-36-16-23(33)29(40-32)38-25-7-6-24-27(35-9-8-34-24)28(25)48(4,5)46/h6-9,14-17,21H,10-13,18-19H2,1-5H3,(H2,36,38,39,40). The number of piperazine rings is 1. The summed E-state index contributed by atoms with van der Waals surface area (Å²) >= 11 is 3.58. The van der Waals surface area contributed by atoms with Crippen molar-refractivity contribution in [1.29, 1.82) is 0 Å². The molecule has 48 heavy (non-hydrogen) atoms. The van der Waals surface area contributed by atoms with Crippen molar-refractivity contribution in [2.75, 3.05) is 82.3 Å². The van der Waals surface area contributed by atoms with Crippen LogP contribution in [0.4, 0.5) is 29.0 Å². The summed E-state index contributed by atoms with van der Waals surface area (Å²) in [7, 11) is 2.91. The number of benzene rings is 1. The van der Waals surface area contributed by atoms with E-state index in [0.29, 0.717) is 55.9 Å². The molecule has 14 nitrogen and oxygen atoms in total. The Kier molecular flexibility index (Phi) is 8.79. The highest BCUT2D eigenvalue weighted by molar-refractivity contribution is 9.10. The van der Waals surface area contributed by atoms with Crippen molar-refractivity contribution in [3.05, 3.63) is 53.7 Å². The van der Waals surface area contributed by atoms with Crippen molar-refractivity contribution in [3.8, 4) is 17.0 Å². The first-order chi connectivity index (χ1) is 23.1. The molecule has 2 aliphatic heterocycles. The van der Waals surface area contributed by atoms with E-state index in [-0.39, 0.29) is 0 Å². The number of likely N-dealkylation sites (tertiary alicyclic amines) is 1. The van der Waals surface area contributed by atoms with Gasteiger partial charge in [-0.2, -0.15) is 15.1 Å². The number of fused-ring (bicyclic) bond motifs is 1. The molecule has 2 aliphatic rings. The van der Waals surface area contributed by atoms with Gasteiger partial charge in [-0.25, -0.2) is 4.98 Å². The molecule has 2 N–H and O–H groups in total. The van der Waals surface area contributed by atoms with E-state index in [1.807, 2.05) is 37.6 Å². The summed E-state index contributed by atoms with van der Waals surface area (Å²) < 4.78 is 21.7. The predicted octanol–water partition coefficient (Wildman–Crippen LogP) is 4.16. The van der Waals surface area contributed by atoms with Crippen LogP contribution in [0.15, 0.2) is 53.7 Å². The second kappa shape index (κ2) is 13.0. The zero-order chi connectivity index (χ0) is 33.6. The molecule has 5 aromatic rings. The molecule has 6 heterocycles. The van der Waals surface area contributed by atoms with E-state index in [2.05, 4.69) is 68.4 Å². The van der Waals surface area contributed by atoms with Crippen molar-refractivity contribution in [2.45, 2.75) is 6.04 Å². The van der Waals surface area contributed by atoms with Gasteiger partial charge < -0.3 is 29.7 Å². The first-order valence-electron chi connectivity index (χ1n) is 15.7. The number of ether oxygens (including phenoxy) is 1. The first kappa shape index (κ1) is 32.4. The number of aryl methyl sites for hydroxylation is 1. The van der Waals surface area contributed by atoms with Crippen molar-refractivity contribution >= 4 is 68.4 Å². The molecule has 0 radical (unpaired) electrons. The third-order valence-corrected chi connectivity index (χ3v) is 10.9. The van der Waals surface area contributed by atoms with Crippen molar-refractivity contribution < 1.29 is 9.30 Å². The maximum Gasteiger partial charge on any atom is 0.239 e. The third-order valence-electron chi connectivity index (χ3n) is 8.75. The van der Waals surface area contributed by atoms with Gasteiger partial charge in [0.15, 0.2) is 0 Å². The Morgan fingerprint density at radius 1 is 0.958 bits per heavy atom. The zero-order valence-corrected chi connectivity index (χ0v) is 30.0. The van der Waals surface area contributed by atoms with E-state index in [4.69, 9.17) is 14.7 Å². The van der Waals surface area contributed by atoms with Crippen LogP contribution in [0.3, 0.4) is 0 Å². The Balaban J connectivity index is 1.20. The minimum absolute atomic E-state index is 0.322. The van der Waals surface area contributed by atoms with Gasteiger partial charge in [-0.05, 0) is 54.5 Å². The second-order valence-electron chi connectivity index (χ2n) is 12.6. The van der Waals surface area contributed by atoms with Crippen LogP contribution >= 0.6 is 23.1 Å². The lowest BCUT2D eigenvalue weighted by atomic mass is 10.1. The maximum absolute atomic E-state index is 13.5. The van der Waals surface area contributed by atoms with Gasteiger partial charge in [0.05, 0.1) is 34.3 Å². The topological polar surface area (TPSA) is 142 Å². The average molecular weight is 734 g/mol.